The van der Waals surface area contributed by atoms with Crippen LogP contribution in [0.1, 0.15) is 22.8 Å². The van der Waals surface area contributed by atoms with Gasteiger partial charge in [-0.2, -0.15) is 13.2 Å². The van der Waals surface area contributed by atoms with Crippen LogP contribution in [-0.2, 0) is 10.9 Å². The van der Waals surface area contributed by atoms with E-state index in [1.807, 2.05) is 0 Å². The Hall–Kier alpha value is -2.50. The van der Waals surface area contributed by atoms with Crippen LogP contribution in [0.25, 0.3) is 0 Å². The van der Waals surface area contributed by atoms with Crippen molar-refractivity contribution in [1.29, 1.82) is 0 Å². The number of ether oxygens (including phenoxy) is 1. The Morgan fingerprint density at radius 2 is 1.77 bits per heavy atom. The summed E-state index contributed by atoms with van der Waals surface area (Å²) < 4.78 is 42.8. The van der Waals surface area contributed by atoms with Crippen molar-refractivity contribution in [2.24, 2.45) is 0 Å². The molecule has 3 nitrogen and oxygen atoms in total. The number of alkyl halides is 3. The molecule has 6 heteroatoms. The van der Waals surface area contributed by atoms with Gasteiger partial charge < -0.3 is 10.1 Å². The lowest BCUT2D eigenvalue weighted by molar-refractivity contribution is -0.137. The molecular weight excluding hydrogens is 295 g/mol. The van der Waals surface area contributed by atoms with Gasteiger partial charge in [0, 0.05) is 11.4 Å². The Kier molecular flexibility index (Phi) is 4.70. The van der Waals surface area contributed by atoms with Crippen molar-refractivity contribution in [3.8, 4) is 0 Å². The third kappa shape index (κ3) is 4.00. The number of hydrogen-bond donors (Lipinski definition) is 1. The minimum Gasteiger partial charge on any atom is -0.462 e. The molecule has 116 valence electrons. The topological polar surface area (TPSA) is 38.3 Å². The molecule has 2 rings (SSSR count). The minimum absolute atomic E-state index is 0.281. The molecule has 0 saturated heterocycles. The zero-order chi connectivity index (χ0) is 16.2. The Bertz CT molecular complexity index is 651. The zero-order valence-corrected chi connectivity index (χ0v) is 11.8. The standard InChI is InChI=1S/C16H14F3NO2/c1-2-22-15(21)11-6-8-13(9-7-11)20-14-5-3-4-12(10-14)16(17,18)19/h3-10,20H,2H2,1H3. The summed E-state index contributed by atoms with van der Waals surface area (Å²) in [5.74, 6) is -0.437. The Labute approximate surface area is 125 Å². The van der Waals surface area contributed by atoms with Crippen LogP contribution in [0.5, 0.6) is 0 Å². The molecule has 22 heavy (non-hydrogen) atoms. The maximum Gasteiger partial charge on any atom is 0.416 e. The predicted octanol–water partition coefficient (Wildman–Crippen LogP) is 4.63. The molecule has 0 aliphatic rings. The first-order chi connectivity index (χ1) is 10.4. The monoisotopic (exact) mass is 309 g/mol. The number of nitrogens with one attached hydrogen (secondary N) is 1. The number of carbonyl (C=O) groups excluding carboxylic acids is 1. The highest BCUT2D eigenvalue weighted by Crippen LogP contribution is 2.31. The highest BCUT2D eigenvalue weighted by molar-refractivity contribution is 5.89. The van der Waals surface area contributed by atoms with E-state index in [1.165, 1.54) is 12.1 Å². The smallest absolute Gasteiger partial charge is 0.416 e. The lowest BCUT2D eigenvalue weighted by Gasteiger charge is -2.11. The summed E-state index contributed by atoms with van der Waals surface area (Å²) in [7, 11) is 0. The van der Waals surface area contributed by atoms with Gasteiger partial charge in [-0.05, 0) is 49.4 Å². The van der Waals surface area contributed by atoms with Crippen molar-refractivity contribution in [2.75, 3.05) is 11.9 Å². The van der Waals surface area contributed by atoms with Crippen molar-refractivity contribution >= 4 is 17.3 Å². The quantitative estimate of drug-likeness (QED) is 0.837. The van der Waals surface area contributed by atoms with Crippen molar-refractivity contribution in [1.82, 2.24) is 0 Å². The largest absolute Gasteiger partial charge is 0.462 e. The second kappa shape index (κ2) is 6.51. The van der Waals surface area contributed by atoms with Crippen LogP contribution in [-0.4, -0.2) is 12.6 Å². The van der Waals surface area contributed by atoms with Gasteiger partial charge in [-0.3, -0.25) is 0 Å². The second-order valence-electron chi connectivity index (χ2n) is 4.50. The average molecular weight is 309 g/mol. The molecule has 1 N–H and O–H groups in total. The van der Waals surface area contributed by atoms with Crippen LogP contribution in [0.15, 0.2) is 48.5 Å². The summed E-state index contributed by atoms with van der Waals surface area (Å²) in [5.41, 5.74) is 0.558. The highest BCUT2D eigenvalue weighted by Gasteiger charge is 2.30. The molecule has 2 aromatic rings. The molecule has 0 unspecified atom stereocenters. The number of benzene rings is 2. The van der Waals surface area contributed by atoms with Crippen molar-refractivity contribution in [2.45, 2.75) is 13.1 Å². The number of rotatable bonds is 4. The summed E-state index contributed by atoms with van der Waals surface area (Å²) in [6.45, 7) is 1.99. The highest BCUT2D eigenvalue weighted by atomic mass is 19.4. The molecule has 0 radical (unpaired) electrons. The third-order valence-corrected chi connectivity index (χ3v) is 2.87. The molecule has 2 aromatic carbocycles. The van der Waals surface area contributed by atoms with E-state index in [9.17, 15) is 18.0 Å². The van der Waals surface area contributed by atoms with Gasteiger partial charge >= 0.3 is 12.1 Å². The van der Waals surface area contributed by atoms with Crippen LogP contribution in [0.4, 0.5) is 24.5 Å². The maximum absolute atomic E-state index is 12.6. The third-order valence-electron chi connectivity index (χ3n) is 2.87. The fourth-order valence-electron chi connectivity index (χ4n) is 1.84. The lowest BCUT2D eigenvalue weighted by Crippen LogP contribution is -2.05. The van der Waals surface area contributed by atoms with Gasteiger partial charge in [0.1, 0.15) is 0 Å². The normalized spacial score (nSPS) is 11.1. The molecule has 0 aliphatic carbocycles. The van der Waals surface area contributed by atoms with Crippen LogP contribution in [0, 0.1) is 0 Å². The number of carbonyl (C=O) groups is 1. The van der Waals surface area contributed by atoms with E-state index in [-0.39, 0.29) is 6.61 Å². The Balaban J connectivity index is 2.13. The first-order valence-corrected chi connectivity index (χ1v) is 6.61. The van der Waals surface area contributed by atoms with E-state index in [4.69, 9.17) is 4.74 Å². The van der Waals surface area contributed by atoms with Gasteiger partial charge in [0.05, 0.1) is 17.7 Å². The summed E-state index contributed by atoms with van der Waals surface area (Å²) in [6, 6.07) is 11.2. The summed E-state index contributed by atoms with van der Waals surface area (Å²) in [5, 5.41) is 2.86. The van der Waals surface area contributed by atoms with E-state index in [0.29, 0.717) is 16.9 Å². The fourth-order valence-corrected chi connectivity index (χ4v) is 1.84. The zero-order valence-electron chi connectivity index (χ0n) is 11.8. The van der Waals surface area contributed by atoms with Crippen molar-refractivity contribution < 1.29 is 22.7 Å². The predicted molar refractivity (Wildman–Crippen MR) is 77.1 cm³/mol. The summed E-state index contributed by atoms with van der Waals surface area (Å²) >= 11 is 0. The number of hydrogen-bond acceptors (Lipinski definition) is 3. The van der Waals surface area contributed by atoms with Crippen LogP contribution < -0.4 is 5.32 Å². The van der Waals surface area contributed by atoms with E-state index >= 15 is 0 Å². The van der Waals surface area contributed by atoms with Crippen molar-refractivity contribution in [3.63, 3.8) is 0 Å². The van der Waals surface area contributed by atoms with E-state index < -0.39 is 17.7 Å². The van der Waals surface area contributed by atoms with Crippen LogP contribution in [0.2, 0.25) is 0 Å². The van der Waals surface area contributed by atoms with E-state index in [0.717, 1.165) is 12.1 Å². The van der Waals surface area contributed by atoms with Crippen LogP contribution >= 0.6 is 0 Å². The molecule has 0 aromatic heterocycles. The molecule has 0 spiro atoms. The minimum atomic E-state index is -4.38. The average Bonchev–Trinajstić information content (AvgIpc) is 2.48. The molecule has 0 amide bonds. The molecule has 0 fully saturated rings. The van der Waals surface area contributed by atoms with Gasteiger partial charge in [-0.25, -0.2) is 4.79 Å². The Morgan fingerprint density at radius 3 is 2.36 bits per heavy atom. The van der Waals surface area contributed by atoms with E-state index in [2.05, 4.69) is 5.32 Å². The number of esters is 1. The molecule has 0 saturated carbocycles. The van der Waals surface area contributed by atoms with Crippen LogP contribution in [0.3, 0.4) is 0 Å². The van der Waals surface area contributed by atoms with Gasteiger partial charge in [-0.1, -0.05) is 6.07 Å². The molecular formula is C16H14F3NO2. The Morgan fingerprint density at radius 1 is 1.09 bits per heavy atom. The summed E-state index contributed by atoms with van der Waals surface area (Å²) in [6.07, 6.45) is -4.38. The number of halogens is 3. The first kappa shape index (κ1) is 15.9. The lowest BCUT2D eigenvalue weighted by atomic mass is 10.1. The SMILES string of the molecule is CCOC(=O)c1ccc(Nc2cccc(C(F)(F)F)c2)cc1. The molecule has 0 heterocycles. The molecule has 0 atom stereocenters. The van der Waals surface area contributed by atoms with Gasteiger partial charge in [0.25, 0.3) is 0 Å². The van der Waals surface area contributed by atoms with Gasteiger partial charge in [-0.15, -0.1) is 0 Å². The fraction of sp³-hybridized carbons (Fsp3) is 0.188. The second-order valence-corrected chi connectivity index (χ2v) is 4.50. The molecule has 0 bridgehead atoms. The first-order valence-electron chi connectivity index (χ1n) is 6.61. The maximum atomic E-state index is 12.6. The van der Waals surface area contributed by atoms with Crippen molar-refractivity contribution in [3.05, 3.63) is 59.7 Å². The molecule has 0 aliphatic heterocycles. The summed E-state index contributed by atoms with van der Waals surface area (Å²) in [4.78, 5) is 11.5. The van der Waals surface area contributed by atoms with E-state index in [1.54, 1.807) is 31.2 Å². The van der Waals surface area contributed by atoms with Gasteiger partial charge in [0.15, 0.2) is 0 Å². The number of anilines is 2. The van der Waals surface area contributed by atoms with Gasteiger partial charge in [0.2, 0.25) is 0 Å².